The summed E-state index contributed by atoms with van der Waals surface area (Å²) in [7, 11) is -3.06. The number of hydrogen-bond acceptors (Lipinski definition) is 5. The Kier molecular flexibility index (Phi) is 4.29. The lowest BCUT2D eigenvalue weighted by molar-refractivity contribution is 0.460. The van der Waals surface area contributed by atoms with Crippen LogP contribution in [0, 0.1) is 12.8 Å². The van der Waals surface area contributed by atoms with Crippen molar-refractivity contribution in [1.29, 1.82) is 0 Å². The molecular weight excluding hydrogens is 318 g/mol. The van der Waals surface area contributed by atoms with E-state index in [1.807, 2.05) is 24.6 Å². The van der Waals surface area contributed by atoms with E-state index in [2.05, 4.69) is 16.0 Å². The molecule has 118 valence electrons. The van der Waals surface area contributed by atoms with E-state index in [0.717, 1.165) is 34.8 Å². The van der Waals surface area contributed by atoms with Gasteiger partial charge >= 0.3 is 0 Å². The summed E-state index contributed by atoms with van der Waals surface area (Å²) < 4.78 is 24.7. The van der Waals surface area contributed by atoms with Gasteiger partial charge in [0.1, 0.15) is 5.01 Å². The third-order valence-electron chi connectivity index (χ3n) is 3.90. The molecule has 0 radical (unpaired) electrons. The zero-order chi connectivity index (χ0) is 15.7. The van der Waals surface area contributed by atoms with Gasteiger partial charge in [-0.15, -0.1) is 11.3 Å². The van der Waals surface area contributed by atoms with Gasteiger partial charge < -0.3 is 0 Å². The highest BCUT2D eigenvalue weighted by Gasteiger charge is 2.28. The highest BCUT2D eigenvalue weighted by Crippen LogP contribution is 2.25. The molecule has 2 aromatic heterocycles. The largest absolute Gasteiger partial charge is 0.253 e. The van der Waals surface area contributed by atoms with E-state index in [1.54, 1.807) is 15.6 Å². The number of aromatic nitrogens is 2. The van der Waals surface area contributed by atoms with Crippen LogP contribution in [0.5, 0.6) is 0 Å². The number of rotatable bonds is 4. The predicted octanol–water partition coefficient (Wildman–Crippen LogP) is 2.34. The lowest BCUT2D eigenvalue weighted by atomic mass is 10.00. The fourth-order valence-electron chi connectivity index (χ4n) is 2.74. The third kappa shape index (κ3) is 3.53. The number of sulfonamides is 1. The first-order chi connectivity index (χ1) is 10.4. The molecule has 0 bridgehead atoms. The molecule has 1 unspecified atom stereocenters. The molecule has 0 saturated carbocycles. The topological polar surface area (TPSA) is 63.2 Å². The van der Waals surface area contributed by atoms with Crippen molar-refractivity contribution in [3.8, 4) is 10.7 Å². The number of thiazole rings is 1. The Labute approximate surface area is 135 Å². The Bertz CT molecular complexity index is 753. The monoisotopic (exact) mass is 337 g/mol. The second-order valence-electron chi connectivity index (χ2n) is 5.83. The minimum Gasteiger partial charge on any atom is -0.253 e. The number of aryl methyl sites for hydroxylation is 1. The quantitative estimate of drug-likeness (QED) is 0.859. The van der Waals surface area contributed by atoms with Crippen LogP contribution < -0.4 is 0 Å². The Morgan fingerprint density at radius 3 is 2.77 bits per heavy atom. The standard InChI is InChI=1S/C15H19N3O2S2/c1-11-10-21-15(17-11)14-4-3-12(8-16-14)7-13-5-6-18(9-13)22(2,19)20/h3-4,8,10,13H,5-7,9H2,1-2H3. The summed E-state index contributed by atoms with van der Waals surface area (Å²) in [4.78, 5) is 8.92. The van der Waals surface area contributed by atoms with Gasteiger partial charge in [0.15, 0.2) is 0 Å². The van der Waals surface area contributed by atoms with Crippen LogP contribution in [0.25, 0.3) is 10.7 Å². The molecule has 3 heterocycles. The molecule has 0 amide bonds. The molecule has 0 aliphatic carbocycles. The predicted molar refractivity (Wildman–Crippen MR) is 88.3 cm³/mol. The van der Waals surface area contributed by atoms with Crippen molar-refractivity contribution in [2.75, 3.05) is 19.3 Å². The van der Waals surface area contributed by atoms with Crippen LogP contribution in [0.1, 0.15) is 17.7 Å². The van der Waals surface area contributed by atoms with Crippen LogP contribution in [0.4, 0.5) is 0 Å². The van der Waals surface area contributed by atoms with Crippen molar-refractivity contribution in [2.45, 2.75) is 19.8 Å². The molecular formula is C15H19N3O2S2. The fourth-order valence-corrected chi connectivity index (χ4v) is 4.43. The molecule has 7 heteroatoms. The van der Waals surface area contributed by atoms with Crippen LogP contribution in [-0.2, 0) is 16.4 Å². The van der Waals surface area contributed by atoms with Crippen molar-refractivity contribution in [1.82, 2.24) is 14.3 Å². The lowest BCUT2D eigenvalue weighted by Crippen LogP contribution is -2.27. The van der Waals surface area contributed by atoms with Crippen LogP contribution in [-0.4, -0.2) is 42.0 Å². The average Bonchev–Trinajstić information content (AvgIpc) is 3.08. The van der Waals surface area contributed by atoms with E-state index in [0.29, 0.717) is 19.0 Å². The number of pyridine rings is 1. The van der Waals surface area contributed by atoms with Crippen molar-refractivity contribution < 1.29 is 8.42 Å². The Morgan fingerprint density at radius 1 is 1.41 bits per heavy atom. The maximum Gasteiger partial charge on any atom is 0.211 e. The highest BCUT2D eigenvalue weighted by atomic mass is 32.2. The molecule has 5 nitrogen and oxygen atoms in total. The van der Waals surface area contributed by atoms with Crippen molar-refractivity contribution in [3.63, 3.8) is 0 Å². The summed E-state index contributed by atoms with van der Waals surface area (Å²) >= 11 is 1.60. The zero-order valence-corrected chi connectivity index (χ0v) is 14.3. The van der Waals surface area contributed by atoms with E-state index in [9.17, 15) is 8.42 Å². The molecule has 1 saturated heterocycles. The van der Waals surface area contributed by atoms with Gasteiger partial charge in [-0.25, -0.2) is 17.7 Å². The third-order valence-corrected chi connectivity index (χ3v) is 6.16. The van der Waals surface area contributed by atoms with Gasteiger partial charge in [-0.1, -0.05) is 6.07 Å². The highest BCUT2D eigenvalue weighted by molar-refractivity contribution is 7.88. The normalized spacial score (nSPS) is 19.6. The first kappa shape index (κ1) is 15.6. The molecule has 1 aliphatic heterocycles. The number of hydrogen-bond donors (Lipinski definition) is 0. The number of nitrogens with zero attached hydrogens (tertiary/aromatic N) is 3. The van der Waals surface area contributed by atoms with Crippen molar-refractivity contribution in [3.05, 3.63) is 35.0 Å². The van der Waals surface area contributed by atoms with Crippen LogP contribution in [0.2, 0.25) is 0 Å². The van der Waals surface area contributed by atoms with E-state index in [-0.39, 0.29) is 0 Å². The second kappa shape index (κ2) is 6.06. The summed E-state index contributed by atoms with van der Waals surface area (Å²) in [6.07, 6.45) is 4.95. The minimum absolute atomic E-state index is 0.379. The maximum absolute atomic E-state index is 11.5. The van der Waals surface area contributed by atoms with E-state index >= 15 is 0 Å². The lowest BCUT2D eigenvalue weighted by Gasteiger charge is -2.13. The Balaban J connectivity index is 1.65. The maximum atomic E-state index is 11.5. The summed E-state index contributed by atoms with van der Waals surface area (Å²) in [5, 5.41) is 2.96. The average molecular weight is 337 g/mol. The molecule has 1 fully saturated rings. The fraction of sp³-hybridized carbons (Fsp3) is 0.467. The van der Waals surface area contributed by atoms with Crippen molar-refractivity contribution in [2.24, 2.45) is 5.92 Å². The molecule has 0 N–H and O–H groups in total. The molecule has 3 rings (SSSR count). The van der Waals surface area contributed by atoms with Gasteiger partial charge in [0.25, 0.3) is 0 Å². The first-order valence-electron chi connectivity index (χ1n) is 7.24. The SMILES string of the molecule is Cc1csc(-c2ccc(CC3CCN(S(C)(=O)=O)C3)cn2)n1. The van der Waals surface area contributed by atoms with Crippen molar-refractivity contribution >= 4 is 21.4 Å². The summed E-state index contributed by atoms with van der Waals surface area (Å²) in [6.45, 7) is 3.22. The molecule has 2 aromatic rings. The summed E-state index contributed by atoms with van der Waals surface area (Å²) in [5.41, 5.74) is 3.06. The first-order valence-corrected chi connectivity index (χ1v) is 9.97. The van der Waals surface area contributed by atoms with Crippen LogP contribution in [0.15, 0.2) is 23.7 Å². The van der Waals surface area contributed by atoms with Gasteiger partial charge in [-0.2, -0.15) is 0 Å². The van der Waals surface area contributed by atoms with E-state index < -0.39 is 10.0 Å². The Hall–Kier alpha value is -1.31. The van der Waals surface area contributed by atoms with Gasteiger partial charge in [0.05, 0.1) is 11.9 Å². The molecule has 0 spiro atoms. The van der Waals surface area contributed by atoms with Gasteiger partial charge in [0, 0.05) is 30.4 Å². The van der Waals surface area contributed by atoms with Crippen LogP contribution in [0.3, 0.4) is 0 Å². The summed E-state index contributed by atoms with van der Waals surface area (Å²) in [5.74, 6) is 0.379. The Morgan fingerprint density at radius 2 is 2.23 bits per heavy atom. The smallest absolute Gasteiger partial charge is 0.211 e. The van der Waals surface area contributed by atoms with Crippen LogP contribution >= 0.6 is 11.3 Å². The molecule has 22 heavy (non-hydrogen) atoms. The molecule has 1 aliphatic rings. The van der Waals surface area contributed by atoms with E-state index in [1.165, 1.54) is 6.26 Å². The molecule has 1 atom stereocenters. The zero-order valence-electron chi connectivity index (χ0n) is 12.7. The van der Waals surface area contributed by atoms with Gasteiger partial charge in [0.2, 0.25) is 10.0 Å². The minimum atomic E-state index is -3.06. The van der Waals surface area contributed by atoms with Gasteiger partial charge in [-0.3, -0.25) is 4.98 Å². The van der Waals surface area contributed by atoms with E-state index in [4.69, 9.17) is 0 Å². The summed E-state index contributed by atoms with van der Waals surface area (Å²) in [6, 6.07) is 4.07. The molecule has 0 aromatic carbocycles. The van der Waals surface area contributed by atoms with Gasteiger partial charge in [-0.05, 0) is 37.3 Å². The second-order valence-corrected chi connectivity index (χ2v) is 8.67.